The topological polar surface area (TPSA) is 122 Å². The molecule has 0 bridgehead atoms. The van der Waals surface area contributed by atoms with Gasteiger partial charge in [0.1, 0.15) is 23.7 Å². The Bertz CT molecular complexity index is 1920. The van der Waals surface area contributed by atoms with Crippen molar-refractivity contribution in [3.63, 3.8) is 0 Å². The first-order chi connectivity index (χ1) is 25.1. The van der Waals surface area contributed by atoms with Crippen molar-refractivity contribution >= 4 is 45.0 Å². The fourth-order valence-electron chi connectivity index (χ4n) is 6.88. The minimum atomic E-state index is -4.56. The van der Waals surface area contributed by atoms with Crippen molar-refractivity contribution in [3.8, 4) is 10.9 Å². The number of nitrogens with one attached hydrogen (secondary N) is 3. The van der Waals surface area contributed by atoms with Crippen LogP contribution in [-0.4, -0.2) is 57.9 Å². The lowest BCUT2D eigenvalue weighted by Gasteiger charge is -2.30. The van der Waals surface area contributed by atoms with E-state index in [0.717, 1.165) is 41.6 Å². The Labute approximate surface area is 302 Å². The number of carbonyl (C=O) groups excluding carboxylic acids is 3. The van der Waals surface area contributed by atoms with Gasteiger partial charge in [-0.25, -0.2) is 4.98 Å². The van der Waals surface area contributed by atoms with Crippen LogP contribution in [0.15, 0.2) is 91.0 Å². The minimum absolute atomic E-state index is 0.0350. The average molecular weight is 734 g/mol. The number of halogens is 3. The molecule has 3 N–H and O–H groups in total. The quantitative estimate of drug-likeness (QED) is 0.144. The average Bonchev–Trinajstić information content (AvgIpc) is 3.43. The third-order valence-electron chi connectivity index (χ3n) is 9.72. The molecular formula is C38H38F3N5O5S. The number of alkyl halides is 3. The van der Waals surface area contributed by atoms with E-state index in [2.05, 4.69) is 21.1 Å². The molecule has 5 atom stereocenters. The predicted molar refractivity (Wildman–Crippen MR) is 189 cm³/mol. The van der Waals surface area contributed by atoms with E-state index >= 15 is 0 Å². The van der Waals surface area contributed by atoms with Crippen LogP contribution in [0.25, 0.3) is 10.2 Å². The second kappa shape index (κ2) is 14.9. The lowest BCUT2D eigenvalue weighted by Crippen LogP contribution is -2.57. The van der Waals surface area contributed by atoms with Crippen LogP contribution in [0.4, 0.5) is 18.9 Å². The summed E-state index contributed by atoms with van der Waals surface area (Å²) in [5.41, 5.74) is 1.26. The fraction of sp³-hybridized carbons (Fsp3) is 0.368. The molecule has 14 heteroatoms. The number of nitrogens with zero attached hydrogens (tertiary/aromatic N) is 2. The predicted octanol–water partition coefficient (Wildman–Crippen LogP) is 6.65. The number of ether oxygens (including phenoxy) is 1. The molecule has 7 rings (SSSR count). The summed E-state index contributed by atoms with van der Waals surface area (Å²) in [4.78, 5) is 54.0. The van der Waals surface area contributed by atoms with E-state index in [1.807, 2.05) is 42.5 Å². The lowest BCUT2D eigenvalue weighted by atomic mass is 10.0. The Morgan fingerprint density at radius 3 is 2.62 bits per heavy atom. The highest BCUT2D eigenvalue weighted by atomic mass is 32.1. The van der Waals surface area contributed by atoms with Gasteiger partial charge in [0.25, 0.3) is 11.1 Å². The number of amides is 3. The number of anilines is 1. The van der Waals surface area contributed by atoms with Crippen molar-refractivity contribution in [3.05, 3.63) is 96.6 Å². The molecule has 0 radical (unpaired) electrons. The van der Waals surface area contributed by atoms with Gasteiger partial charge in [-0.05, 0) is 68.1 Å². The van der Waals surface area contributed by atoms with Crippen LogP contribution in [0.5, 0.6) is 10.9 Å². The Morgan fingerprint density at radius 1 is 1.00 bits per heavy atom. The third kappa shape index (κ3) is 7.86. The maximum atomic E-state index is 14.5. The van der Waals surface area contributed by atoms with Crippen LogP contribution in [0, 0.1) is 5.92 Å². The van der Waals surface area contributed by atoms with Gasteiger partial charge in [-0.3, -0.25) is 14.4 Å². The highest BCUT2D eigenvalue weighted by Crippen LogP contribution is 2.46. The number of rotatable bonds is 7. The van der Waals surface area contributed by atoms with E-state index < -0.39 is 53.2 Å². The SMILES string of the molecule is O=C1N[C@]2(C(=O)NOc3ccccc3)C[C@@H]2/C=C\CCCCC[C@H](Nc2cccc(C(F)(F)F)c2)C(=O)N2C[C@H](Oc3nc4ccccc4s3)C[C@@H]12. The number of para-hydroxylation sites is 2. The number of thiazole rings is 1. The molecule has 1 aromatic heterocycles. The Kier molecular flexibility index (Phi) is 10.1. The van der Waals surface area contributed by atoms with Gasteiger partial charge in [-0.15, -0.1) is 0 Å². The van der Waals surface area contributed by atoms with Crippen molar-refractivity contribution in [2.24, 2.45) is 5.92 Å². The molecule has 3 amide bonds. The number of allylic oxidation sites excluding steroid dienone is 1. The highest BCUT2D eigenvalue weighted by molar-refractivity contribution is 7.20. The van der Waals surface area contributed by atoms with Crippen molar-refractivity contribution < 1.29 is 37.1 Å². The van der Waals surface area contributed by atoms with Crippen LogP contribution >= 0.6 is 11.3 Å². The van der Waals surface area contributed by atoms with Gasteiger partial charge >= 0.3 is 6.18 Å². The largest absolute Gasteiger partial charge is 0.465 e. The number of fused-ring (bicyclic) bond motifs is 3. The van der Waals surface area contributed by atoms with Gasteiger partial charge in [-0.2, -0.15) is 18.7 Å². The molecule has 1 saturated heterocycles. The van der Waals surface area contributed by atoms with E-state index in [9.17, 15) is 27.6 Å². The number of carbonyl (C=O) groups is 3. The molecule has 0 unspecified atom stereocenters. The van der Waals surface area contributed by atoms with Gasteiger partial charge in [-0.1, -0.05) is 72.7 Å². The smallest absolute Gasteiger partial charge is 0.416 e. The van der Waals surface area contributed by atoms with Crippen LogP contribution in [0.2, 0.25) is 0 Å². The molecule has 4 aromatic rings. The summed E-state index contributed by atoms with van der Waals surface area (Å²) in [5, 5.41) is 6.41. The second-order valence-corrected chi connectivity index (χ2v) is 14.4. The normalized spacial score (nSPS) is 25.9. The summed E-state index contributed by atoms with van der Waals surface area (Å²) < 4.78 is 48.0. The first-order valence-corrected chi connectivity index (χ1v) is 18.2. The molecule has 0 spiro atoms. The summed E-state index contributed by atoms with van der Waals surface area (Å²) in [6.45, 7) is 0.0350. The summed E-state index contributed by atoms with van der Waals surface area (Å²) in [6, 6.07) is 19.1. The standard InChI is InChI=1S/C38H38F3N5O5S/c39-38(40,41)24-13-11-14-26(20-24)42-30-18-8-3-1-2-5-12-25-22-37(25,35(49)45-51-27-15-6-4-7-16-27)44-33(47)31-21-28(23-46(31)34(30)48)50-36-43-29-17-9-10-19-32(29)52-36/h4-7,9-17,19-20,25,28,30-31,42H,1-3,8,18,21-23H2,(H,44,47)(H,45,49)/b12-5-/t25-,28+,30-,31-,37+/m0/s1. The summed E-state index contributed by atoms with van der Waals surface area (Å²) in [5.74, 6) is -1.38. The van der Waals surface area contributed by atoms with Gasteiger partial charge in [0.05, 0.1) is 22.3 Å². The van der Waals surface area contributed by atoms with E-state index in [1.165, 1.54) is 28.4 Å². The molecule has 10 nitrogen and oxygen atoms in total. The van der Waals surface area contributed by atoms with Crippen molar-refractivity contribution in [1.29, 1.82) is 0 Å². The Balaban J connectivity index is 1.17. The van der Waals surface area contributed by atoms with Crippen molar-refractivity contribution in [1.82, 2.24) is 20.7 Å². The molecule has 52 heavy (non-hydrogen) atoms. The first-order valence-electron chi connectivity index (χ1n) is 17.4. The third-order valence-corrected chi connectivity index (χ3v) is 10.6. The summed E-state index contributed by atoms with van der Waals surface area (Å²) in [7, 11) is 0. The van der Waals surface area contributed by atoms with Crippen LogP contribution < -0.4 is 25.7 Å². The number of hydrogen-bond acceptors (Lipinski definition) is 8. The Morgan fingerprint density at radius 2 is 1.81 bits per heavy atom. The van der Waals surface area contributed by atoms with E-state index in [0.29, 0.717) is 30.2 Å². The summed E-state index contributed by atoms with van der Waals surface area (Å²) in [6.07, 6.45) is 2.47. The number of hydroxylamine groups is 1. The van der Waals surface area contributed by atoms with Gasteiger partial charge < -0.3 is 25.1 Å². The zero-order valence-corrected chi connectivity index (χ0v) is 28.9. The molecule has 3 aromatic carbocycles. The Hall–Kier alpha value is -5.11. The van der Waals surface area contributed by atoms with Gasteiger partial charge in [0, 0.05) is 18.0 Å². The van der Waals surface area contributed by atoms with Crippen LogP contribution in [0.3, 0.4) is 0 Å². The molecule has 1 aliphatic carbocycles. The number of hydrogen-bond donors (Lipinski definition) is 3. The van der Waals surface area contributed by atoms with E-state index in [-0.39, 0.29) is 24.6 Å². The molecular weight excluding hydrogens is 696 g/mol. The molecule has 2 aliphatic heterocycles. The maximum Gasteiger partial charge on any atom is 0.416 e. The van der Waals surface area contributed by atoms with Crippen molar-refractivity contribution in [2.45, 2.75) is 74.8 Å². The fourth-order valence-corrected chi connectivity index (χ4v) is 7.76. The highest BCUT2D eigenvalue weighted by Gasteiger charge is 2.61. The van der Waals surface area contributed by atoms with Crippen molar-refractivity contribution in [2.75, 3.05) is 11.9 Å². The monoisotopic (exact) mass is 733 g/mol. The van der Waals surface area contributed by atoms with E-state index in [4.69, 9.17) is 9.57 Å². The molecule has 272 valence electrons. The minimum Gasteiger partial charge on any atom is -0.465 e. The van der Waals surface area contributed by atoms with Gasteiger partial charge in [0.2, 0.25) is 11.8 Å². The molecule has 1 saturated carbocycles. The van der Waals surface area contributed by atoms with Crippen LogP contribution in [-0.2, 0) is 20.6 Å². The van der Waals surface area contributed by atoms with Gasteiger partial charge in [0.15, 0.2) is 5.75 Å². The number of aromatic nitrogens is 1. The number of benzene rings is 3. The first kappa shape index (κ1) is 35.3. The lowest BCUT2D eigenvalue weighted by molar-refractivity contribution is -0.141. The molecule has 3 heterocycles. The van der Waals surface area contributed by atoms with Crippen LogP contribution in [0.1, 0.15) is 50.5 Å². The summed E-state index contributed by atoms with van der Waals surface area (Å²) >= 11 is 1.35. The maximum absolute atomic E-state index is 14.5. The molecule has 3 aliphatic rings. The zero-order valence-electron chi connectivity index (χ0n) is 28.1. The van der Waals surface area contributed by atoms with E-state index in [1.54, 1.807) is 24.3 Å². The second-order valence-electron chi connectivity index (χ2n) is 13.4. The zero-order chi connectivity index (χ0) is 36.3. The molecule has 2 fully saturated rings.